The number of nitrogens with one attached hydrogen (secondary N) is 1. The number of rotatable bonds is 3. The van der Waals surface area contributed by atoms with Crippen LogP contribution < -0.4 is 5.32 Å². The summed E-state index contributed by atoms with van der Waals surface area (Å²) in [6, 6.07) is 13.0. The molecule has 4 heterocycles. The number of thiazole rings is 1. The molecule has 0 radical (unpaired) electrons. The molecule has 0 bridgehead atoms. The Morgan fingerprint density at radius 2 is 1.97 bits per heavy atom. The van der Waals surface area contributed by atoms with Gasteiger partial charge in [0.25, 0.3) is 0 Å². The van der Waals surface area contributed by atoms with E-state index < -0.39 is 0 Å². The number of nitrogens with zero attached hydrogens (tertiary/aromatic N) is 5. The van der Waals surface area contributed by atoms with Crippen molar-refractivity contribution in [3.8, 4) is 27.8 Å². The molecule has 5 rings (SSSR count). The molecule has 0 aliphatic carbocycles. The monoisotopic (exact) mass is 488 g/mol. The number of pyridine rings is 1. The fourth-order valence-corrected chi connectivity index (χ4v) is 5.48. The number of hydrogen-bond acceptors (Lipinski definition) is 7. The molecule has 0 spiro atoms. The topological polar surface area (TPSA) is 111 Å². The zero-order chi connectivity index (χ0) is 24.5. The maximum absolute atomic E-state index is 13.1. The summed E-state index contributed by atoms with van der Waals surface area (Å²) in [5.74, 6) is -0.0296. The van der Waals surface area contributed by atoms with E-state index in [1.165, 1.54) is 11.3 Å². The van der Waals surface area contributed by atoms with E-state index in [4.69, 9.17) is 9.72 Å². The SMILES string of the molecule is Cc1cc(-c2sc(NC(=O)N3CCN4C(=O)COCC4C3)nc2-c2cccc(C#N)c2)cc(C)n1. The third kappa shape index (κ3) is 4.73. The highest BCUT2D eigenvalue weighted by Gasteiger charge is 2.35. The molecule has 9 nitrogen and oxygen atoms in total. The van der Waals surface area contributed by atoms with Crippen LogP contribution in [0, 0.1) is 25.2 Å². The predicted molar refractivity (Wildman–Crippen MR) is 132 cm³/mol. The average Bonchev–Trinajstić information content (AvgIpc) is 3.27. The number of aromatic nitrogens is 2. The van der Waals surface area contributed by atoms with Crippen molar-refractivity contribution < 1.29 is 14.3 Å². The number of urea groups is 1. The Balaban J connectivity index is 1.44. The average molecular weight is 489 g/mol. The number of nitriles is 1. The number of benzene rings is 1. The second kappa shape index (κ2) is 9.44. The first kappa shape index (κ1) is 23.0. The highest BCUT2D eigenvalue weighted by molar-refractivity contribution is 7.19. The van der Waals surface area contributed by atoms with Crippen molar-refractivity contribution in [1.29, 1.82) is 5.26 Å². The number of hydrogen-bond donors (Lipinski definition) is 1. The van der Waals surface area contributed by atoms with E-state index >= 15 is 0 Å². The summed E-state index contributed by atoms with van der Waals surface area (Å²) < 4.78 is 5.36. The standard InChI is InChI=1S/C25H24N6O3S/c1-15-8-19(9-16(2)27-15)23-22(18-5-3-4-17(10-18)11-26)28-24(35-23)29-25(33)30-6-7-31-20(12-30)13-34-14-21(31)32/h3-5,8-10,20H,6-7,12-14H2,1-2H3,(H,28,29,33). The zero-order valence-corrected chi connectivity index (χ0v) is 20.3. The van der Waals surface area contributed by atoms with Crippen molar-refractivity contribution in [3.05, 3.63) is 53.3 Å². The van der Waals surface area contributed by atoms with Crippen molar-refractivity contribution in [2.24, 2.45) is 0 Å². The first-order valence-electron chi connectivity index (χ1n) is 11.3. The highest BCUT2D eigenvalue weighted by Crippen LogP contribution is 2.39. The molecule has 35 heavy (non-hydrogen) atoms. The fourth-order valence-electron chi connectivity index (χ4n) is 4.51. The van der Waals surface area contributed by atoms with E-state index in [-0.39, 0.29) is 24.6 Å². The smallest absolute Gasteiger partial charge is 0.323 e. The quantitative estimate of drug-likeness (QED) is 0.605. The number of morpholine rings is 1. The first-order valence-corrected chi connectivity index (χ1v) is 12.1. The molecule has 1 unspecified atom stereocenters. The number of amides is 3. The van der Waals surface area contributed by atoms with E-state index in [0.29, 0.717) is 42.6 Å². The predicted octanol–water partition coefficient (Wildman–Crippen LogP) is 3.44. The van der Waals surface area contributed by atoms with Crippen LogP contribution in [0.1, 0.15) is 17.0 Å². The van der Waals surface area contributed by atoms with Crippen LogP contribution in [-0.2, 0) is 9.53 Å². The molecule has 2 aliphatic rings. The molecule has 2 aromatic heterocycles. The summed E-state index contributed by atoms with van der Waals surface area (Å²) in [5.41, 5.74) is 4.77. The van der Waals surface area contributed by atoms with Gasteiger partial charge in [-0.25, -0.2) is 9.78 Å². The highest BCUT2D eigenvalue weighted by atomic mass is 32.1. The Hall–Kier alpha value is -3.81. The van der Waals surface area contributed by atoms with E-state index in [9.17, 15) is 14.9 Å². The normalized spacial score (nSPS) is 17.6. The molecule has 0 saturated carbocycles. The second-order valence-corrected chi connectivity index (χ2v) is 9.66. The number of aryl methyl sites for hydroxylation is 2. The molecule has 2 aliphatic heterocycles. The van der Waals surface area contributed by atoms with Gasteiger partial charge < -0.3 is 14.5 Å². The number of carbonyl (C=O) groups excluding carboxylic acids is 2. The molecule has 1 N–H and O–H groups in total. The summed E-state index contributed by atoms with van der Waals surface area (Å²) in [5, 5.41) is 12.8. The van der Waals surface area contributed by atoms with Crippen LogP contribution in [0.3, 0.4) is 0 Å². The third-order valence-corrected chi connectivity index (χ3v) is 7.10. The summed E-state index contributed by atoms with van der Waals surface area (Å²) in [6.45, 7) is 5.77. The lowest BCUT2D eigenvalue weighted by Crippen LogP contribution is -2.61. The number of ether oxygens (including phenoxy) is 1. The van der Waals surface area contributed by atoms with Gasteiger partial charge in [-0.2, -0.15) is 5.26 Å². The van der Waals surface area contributed by atoms with Gasteiger partial charge in [-0.1, -0.05) is 23.5 Å². The fraction of sp³-hybridized carbons (Fsp3) is 0.320. The molecule has 3 aromatic rings. The summed E-state index contributed by atoms with van der Waals surface area (Å²) in [7, 11) is 0. The van der Waals surface area contributed by atoms with Gasteiger partial charge in [-0.05, 0) is 43.7 Å². The van der Waals surface area contributed by atoms with Crippen LogP contribution in [0.25, 0.3) is 21.7 Å². The van der Waals surface area contributed by atoms with Crippen LogP contribution >= 0.6 is 11.3 Å². The molecule has 178 valence electrons. The first-order chi connectivity index (χ1) is 16.9. The van der Waals surface area contributed by atoms with E-state index in [2.05, 4.69) is 16.4 Å². The molecular formula is C25H24N6O3S. The lowest BCUT2D eigenvalue weighted by molar-refractivity contribution is -0.151. The Bertz CT molecular complexity index is 1330. The number of carbonyl (C=O) groups is 2. The van der Waals surface area contributed by atoms with Crippen LogP contribution in [0.15, 0.2) is 36.4 Å². The van der Waals surface area contributed by atoms with Gasteiger partial charge in [0.15, 0.2) is 5.13 Å². The molecule has 2 saturated heterocycles. The van der Waals surface area contributed by atoms with E-state index in [1.807, 2.05) is 38.1 Å². The Morgan fingerprint density at radius 1 is 1.17 bits per heavy atom. The van der Waals surface area contributed by atoms with E-state index in [1.54, 1.807) is 21.9 Å². The zero-order valence-electron chi connectivity index (χ0n) is 19.4. The minimum absolute atomic E-state index is 0.0296. The van der Waals surface area contributed by atoms with E-state index in [0.717, 1.165) is 27.4 Å². The van der Waals surface area contributed by atoms with Crippen LogP contribution in [0.5, 0.6) is 0 Å². The summed E-state index contributed by atoms with van der Waals surface area (Å²) >= 11 is 1.38. The van der Waals surface area contributed by atoms with Crippen molar-refractivity contribution >= 4 is 28.4 Å². The van der Waals surface area contributed by atoms with Crippen molar-refractivity contribution in [2.45, 2.75) is 19.9 Å². The number of piperazine rings is 1. The van der Waals surface area contributed by atoms with Crippen molar-refractivity contribution in [1.82, 2.24) is 19.8 Å². The summed E-state index contributed by atoms with van der Waals surface area (Å²) in [6.07, 6.45) is 0. The Labute approximate surface area is 207 Å². The maximum atomic E-state index is 13.1. The maximum Gasteiger partial charge on any atom is 0.323 e. The summed E-state index contributed by atoms with van der Waals surface area (Å²) in [4.78, 5) is 38.8. The minimum Gasteiger partial charge on any atom is -0.369 e. The van der Waals surface area contributed by atoms with Gasteiger partial charge in [0.1, 0.15) is 6.61 Å². The molecule has 3 amide bonds. The van der Waals surface area contributed by atoms with Crippen LogP contribution in [0.4, 0.5) is 9.93 Å². The van der Waals surface area contributed by atoms with Crippen LogP contribution in [0.2, 0.25) is 0 Å². The lowest BCUT2D eigenvalue weighted by atomic mass is 10.0. The van der Waals surface area contributed by atoms with Crippen molar-refractivity contribution in [2.75, 3.05) is 38.2 Å². The largest absolute Gasteiger partial charge is 0.369 e. The van der Waals surface area contributed by atoms with Crippen LogP contribution in [-0.4, -0.2) is 70.6 Å². The minimum atomic E-state index is -0.262. The molecule has 1 atom stereocenters. The number of anilines is 1. The van der Waals surface area contributed by atoms with Crippen molar-refractivity contribution in [3.63, 3.8) is 0 Å². The Morgan fingerprint density at radius 3 is 2.74 bits per heavy atom. The molecular weight excluding hydrogens is 464 g/mol. The van der Waals surface area contributed by atoms with Gasteiger partial charge in [-0.15, -0.1) is 0 Å². The van der Waals surface area contributed by atoms with Gasteiger partial charge in [0.05, 0.1) is 34.9 Å². The van der Waals surface area contributed by atoms with Gasteiger partial charge in [0.2, 0.25) is 5.91 Å². The second-order valence-electron chi connectivity index (χ2n) is 8.66. The van der Waals surface area contributed by atoms with Gasteiger partial charge in [-0.3, -0.25) is 15.1 Å². The molecule has 1 aromatic carbocycles. The van der Waals surface area contributed by atoms with Gasteiger partial charge >= 0.3 is 6.03 Å². The van der Waals surface area contributed by atoms with Gasteiger partial charge in [0, 0.05) is 36.6 Å². The Kier molecular flexibility index (Phi) is 6.19. The number of fused-ring (bicyclic) bond motifs is 1. The lowest BCUT2D eigenvalue weighted by Gasteiger charge is -2.43. The third-order valence-electron chi connectivity index (χ3n) is 6.08. The molecule has 10 heteroatoms. The molecule has 2 fully saturated rings.